The molecular weight excluding hydrogens is 466 g/mol. The maximum absolute atomic E-state index is 12.5. The number of H-pyrrole nitrogens is 1. The van der Waals surface area contributed by atoms with E-state index in [1.54, 1.807) is 36.3 Å². The molecule has 0 bridgehead atoms. The highest BCUT2D eigenvalue weighted by molar-refractivity contribution is 5.76. The third-order valence-electron chi connectivity index (χ3n) is 5.02. The van der Waals surface area contributed by atoms with Crippen molar-refractivity contribution in [3.05, 3.63) is 42.4 Å². The second kappa shape index (κ2) is 10.5. The van der Waals surface area contributed by atoms with Crippen LogP contribution in [0.3, 0.4) is 0 Å². The summed E-state index contributed by atoms with van der Waals surface area (Å²) in [6, 6.07) is 9.08. The van der Waals surface area contributed by atoms with Gasteiger partial charge in [-0.25, -0.2) is 14.8 Å². The summed E-state index contributed by atoms with van der Waals surface area (Å²) >= 11 is 0. The van der Waals surface area contributed by atoms with Gasteiger partial charge in [-0.3, -0.25) is 10.00 Å². The summed E-state index contributed by atoms with van der Waals surface area (Å²) in [5.74, 6) is 1.95. The summed E-state index contributed by atoms with van der Waals surface area (Å²) < 4.78 is 23.0. The molecule has 0 radical (unpaired) electrons. The van der Waals surface area contributed by atoms with Gasteiger partial charge in [-0.15, -0.1) is 0 Å². The molecule has 3 heterocycles. The Morgan fingerprint density at radius 2 is 2.06 bits per heavy atom. The summed E-state index contributed by atoms with van der Waals surface area (Å²) in [4.78, 5) is 22.2. The minimum absolute atomic E-state index is 0.207. The molecule has 4 rings (SSSR count). The van der Waals surface area contributed by atoms with Gasteiger partial charge in [0.05, 0.1) is 43.9 Å². The van der Waals surface area contributed by atoms with Gasteiger partial charge in [-0.2, -0.15) is 10.4 Å². The molecule has 1 aliphatic rings. The lowest BCUT2D eigenvalue weighted by molar-refractivity contribution is -0.128. The lowest BCUT2D eigenvalue weighted by Crippen LogP contribution is -2.49. The number of nitriles is 1. The number of methoxy groups -OCH3 is 1. The SMILES string of the molecule is COc1cccc(O[C@H]2CN(C(=O)OC(C)(C)C)CCO2)c1-c1cc(Nc2cnc(C#N)cn2)n[nH]1. The normalized spacial score (nSPS) is 15.6. The van der Waals surface area contributed by atoms with Crippen LogP contribution in [0.4, 0.5) is 16.4 Å². The van der Waals surface area contributed by atoms with Crippen molar-refractivity contribution in [3.63, 3.8) is 0 Å². The fraction of sp³-hybridized carbons (Fsp3) is 0.375. The van der Waals surface area contributed by atoms with Crippen LogP contribution in [0.15, 0.2) is 36.7 Å². The Bertz CT molecular complexity index is 1250. The fourth-order valence-corrected chi connectivity index (χ4v) is 3.46. The van der Waals surface area contributed by atoms with Crippen molar-refractivity contribution in [1.29, 1.82) is 5.26 Å². The molecule has 2 N–H and O–H groups in total. The van der Waals surface area contributed by atoms with Crippen molar-refractivity contribution in [2.24, 2.45) is 0 Å². The number of aromatic nitrogens is 4. The van der Waals surface area contributed by atoms with Crippen molar-refractivity contribution < 1.29 is 23.7 Å². The van der Waals surface area contributed by atoms with Gasteiger partial charge in [0.15, 0.2) is 11.5 Å². The van der Waals surface area contributed by atoms with Gasteiger partial charge < -0.3 is 24.3 Å². The first kappa shape index (κ1) is 24.7. The zero-order chi connectivity index (χ0) is 25.7. The maximum Gasteiger partial charge on any atom is 0.410 e. The number of nitrogens with one attached hydrogen (secondary N) is 2. The summed E-state index contributed by atoms with van der Waals surface area (Å²) in [6.45, 7) is 6.40. The summed E-state index contributed by atoms with van der Waals surface area (Å²) in [5.41, 5.74) is 0.867. The minimum atomic E-state index is -0.702. The zero-order valence-corrected chi connectivity index (χ0v) is 20.4. The van der Waals surface area contributed by atoms with Crippen LogP contribution in [0.2, 0.25) is 0 Å². The molecule has 188 valence electrons. The van der Waals surface area contributed by atoms with E-state index in [2.05, 4.69) is 25.5 Å². The fourth-order valence-electron chi connectivity index (χ4n) is 3.46. The average molecular weight is 494 g/mol. The molecule has 2 aromatic heterocycles. The smallest absolute Gasteiger partial charge is 0.410 e. The van der Waals surface area contributed by atoms with E-state index in [4.69, 9.17) is 24.2 Å². The molecule has 0 saturated carbocycles. The van der Waals surface area contributed by atoms with E-state index in [1.807, 2.05) is 26.8 Å². The number of hydrogen-bond acceptors (Lipinski definition) is 10. The molecule has 1 amide bonds. The quantitative estimate of drug-likeness (QED) is 0.523. The average Bonchev–Trinajstić information content (AvgIpc) is 3.31. The number of amides is 1. The Labute approximate surface area is 208 Å². The zero-order valence-electron chi connectivity index (χ0n) is 20.4. The lowest BCUT2D eigenvalue weighted by Gasteiger charge is -2.34. The number of carbonyl (C=O) groups is 1. The van der Waals surface area contributed by atoms with Crippen LogP contribution in [0.25, 0.3) is 11.3 Å². The number of benzene rings is 1. The number of morpholine rings is 1. The maximum atomic E-state index is 12.5. The lowest BCUT2D eigenvalue weighted by atomic mass is 10.1. The van der Waals surface area contributed by atoms with Crippen molar-refractivity contribution in [2.45, 2.75) is 32.7 Å². The number of aromatic amines is 1. The Morgan fingerprint density at radius 1 is 1.25 bits per heavy atom. The molecule has 1 aliphatic heterocycles. The van der Waals surface area contributed by atoms with E-state index in [1.165, 1.54) is 12.4 Å². The Hall–Kier alpha value is -4.37. The van der Waals surface area contributed by atoms with Gasteiger partial charge in [-0.05, 0) is 32.9 Å². The molecular formula is C24H27N7O5. The van der Waals surface area contributed by atoms with Gasteiger partial charge >= 0.3 is 6.09 Å². The second-order valence-electron chi connectivity index (χ2n) is 8.87. The Balaban J connectivity index is 1.53. The van der Waals surface area contributed by atoms with Crippen LogP contribution < -0.4 is 14.8 Å². The van der Waals surface area contributed by atoms with Gasteiger partial charge in [0.1, 0.15) is 29.0 Å². The van der Waals surface area contributed by atoms with Crippen molar-refractivity contribution >= 4 is 17.7 Å². The van der Waals surface area contributed by atoms with E-state index in [0.29, 0.717) is 47.5 Å². The van der Waals surface area contributed by atoms with Gasteiger partial charge in [0.2, 0.25) is 6.29 Å². The second-order valence-corrected chi connectivity index (χ2v) is 8.87. The predicted molar refractivity (Wildman–Crippen MR) is 129 cm³/mol. The first-order chi connectivity index (χ1) is 17.3. The summed E-state index contributed by atoms with van der Waals surface area (Å²) in [5, 5.41) is 19.2. The van der Waals surface area contributed by atoms with Gasteiger partial charge in [-0.1, -0.05) is 6.07 Å². The predicted octanol–water partition coefficient (Wildman–Crippen LogP) is 3.46. The number of hydrogen-bond donors (Lipinski definition) is 2. The first-order valence-electron chi connectivity index (χ1n) is 11.2. The summed E-state index contributed by atoms with van der Waals surface area (Å²) in [6.07, 6.45) is 1.70. The Kier molecular flexibility index (Phi) is 7.21. The third-order valence-corrected chi connectivity index (χ3v) is 5.02. The highest BCUT2D eigenvalue weighted by Gasteiger charge is 2.30. The van der Waals surface area contributed by atoms with Crippen molar-refractivity contribution in [2.75, 3.05) is 32.1 Å². The molecule has 0 unspecified atom stereocenters. The molecule has 12 heteroatoms. The van der Waals surface area contributed by atoms with E-state index >= 15 is 0 Å². The molecule has 0 aliphatic carbocycles. The van der Waals surface area contributed by atoms with Gasteiger partial charge in [0, 0.05) is 12.6 Å². The molecule has 0 spiro atoms. The van der Waals surface area contributed by atoms with Crippen LogP contribution in [-0.2, 0) is 9.47 Å². The van der Waals surface area contributed by atoms with E-state index in [9.17, 15) is 4.79 Å². The van der Waals surface area contributed by atoms with E-state index < -0.39 is 18.0 Å². The molecule has 36 heavy (non-hydrogen) atoms. The minimum Gasteiger partial charge on any atom is -0.496 e. The number of nitrogens with zero attached hydrogens (tertiary/aromatic N) is 5. The van der Waals surface area contributed by atoms with Crippen LogP contribution in [-0.4, -0.2) is 69.9 Å². The highest BCUT2D eigenvalue weighted by atomic mass is 16.7. The van der Waals surface area contributed by atoms with Crippen LogP contribution >= 0.6 is 0 Å². The number of anilines is 2. The third kappa shape index (κ3) is 6.00. The van der Waals surface area contributed by atoms with Crippen molar-refractivity contribution in [1.82, 2.24) is 25.1 Å². The van der Waals surface area contributed by atoms with Crippen LogP contribution in [0, 0.1) is 11.3 Å². The monoisotopic (exact) mass is 493 g/mol. The Morgan fingerprint density at radius 3 is 2.75 bits per heavy atom. The molecule has 3 aromatic rings. The van der Waals surface area contributed by atoms with Crippen LogP contribution in [0.1, 0.15) is 26.5 Å². The molecule has 1 saturated heterocycles. The number of ether oxygens (including phenoxy) is 4. The molecule has 1 aromatic carbocycles. The highest BCUT2D eigenvalue weighted by Crippen LogP contribution is 2.39. The largest absolute Gasteiger partial charge is 0.496 e. The van der Waals surface area contributed by atoms with Crippen LogP contribution in [0.5, 0.6) is 11.5 Å². The molecule has 12 nitrogen and oxygen atoms in total. The van der Waals surface area contributed by atoms with Crippen molar-refractivity contribution in [3.8, 4) is 28.8 Å². The summed E-state index contributed by atoms with van der Waals surface area (Å²) in [7, 11) is 1.56. The topological polar surface area (TPSA) is 148 Å². The standard InChI is InChI=1S/C24H27N7O5/c1-24(2,3)36-23(32)31-8-9-34-21(14-31)35-18-7-5-6-17(33-4)22(18)16-10-19(30-29-16)28-20-13-26-15(11-25)12-27-20/h5-7,10,12-13,21H,8-9,14H2,1-4H3,(H2,27,28,29,30)/t21-/m0/s1. The molecule has 1 atom stereocenters. The molecule has 1 fully saturated rings. The number of rotatable bonds is 6. The number of carbonyl (C=O) groups excluding carboxylic acids is 1. The van der Waals surface area contributed by atoms with E-state index in [-0.39, 0.29) is 12.2 Å². The van der Waals surface area contributed by atoms with Gasteiger partial charge in [0.25, 0.3) is 0 Å². The first-order valence-corrected chi connectivity index (χ1v) is 11.2. The van der Waals surface area contributed by atoms with E-state index in [0.717, 1.165) is 0 Å².